The monoisotopic (exact) mass is 453 g/mol. The van der Waals surface area contributed by atoms with Gasteiger partial charge in [0.05, 0.1) is 31.1 Å². The number of fused-ring (bicyclic) bond motifs is 1. The molecule has 9 heteroatoms. The van der Waals surface area contributed by atoms with Crippen LogP contribution in [0.25, 0.3) is 22.2 Å². The average Bonchev–Trinajstić information content (AvgIpc) is 3.10. The van der Waals surface area contributed by atoms with E-state index in [1.165, 1.54) is 19.2 Å². The Morgan fingerprint density at radius 2 is 1.84 bits per heavy atom. The molecular formula is C23H20FN3O4S. The first-order valence-electron chi connectivity index (χ1n) is 9.65. The Bertz CT molecular complexity index is 1420. The minimum atomic E-state index is -3.72. The van der Waals surface area contributed by atoms with Crippen LogP contribution in [-0.2, 0) is 16.6 Å². The summed E-state index contributed by atoms with van der Waals surface area (Å²) >= 11 is 0. The van der Waals surface area contributed by atoms with Crippen LogP contribution in [-0.4, -0.2) is 37.2 Å². The number of nitrogens with one attached hydrogen (secondary N) is 1. The smallest absolute Gasteiger partial charge is 0.283 e. The lowest BCUT2D eigenvalue weighted by molar-refractivity contribution is 0.0976. The van der Waals surface area contributed by atoms with E-state index in [0.717, 1.165) is 22.9 Å². The number of amides is 1. The molecule has 0 bridgehead atoms. The predicted octanol–water partition coefficient (Wildman–Crippen LogP) is 3.59. The number of pyridine rings is 1. The maximum atomic E-state index is 14.5. The summed E-state index contributed by atoms with van der Waals surface area (Å²) < 4.78 is 46.2. The standard InChI is InChI=1S/C23H20FN3O4S/c1-31-22-12-16-11-20(15-7-4-3-5-8-15)27(21(16)13-18(22)24)14-17-9-6-10-19(25-17)23(28)26-32(2,29)30/h3-13H,14H2,1-2H3,(H,26,28). The topological polar surface area (TPSA) is 90.3 Å². The fourth-order valence-corrected chi connectivity index (χ4v) is 3.96. The first-order chi connectivity index (χ1) is 15.2. The van der Waals surface area contributed by atoms with Gasteiger partial charge in [0.1, 0.15) is 5.69 Å². The molecule has 0 spiro atoms. The van der Waals surface area contributed by atoms with Crippen LogP contribution in [0.15, 0.2) is 66.7 Å². The molecule has 2 aromatic carbocycles. The molecule has 2 aromatic heterocycles. The summed E-state index contributed by atoms with van der Waals surface area (Å²) in [6.07, 6.45) is 0.898. The minimum absolute atomic E-state index is 0.0292. The van der Waals surface area contributed by atoms with Gasteiger partial charge in [-0.3, -0.25) is 4.79 Å². The summed E-state index contributed by atoms with van der Waals surface area (Å²) in [7, 11) is -2.30. The molecule has 1 amide bonds. The fourth-order valence-electron chi connectivity index (χ4n) is 3.51. The van der Waals surface area contributed by atoms with Crippen LogP contribution in [0.4, 0.5) is 4.39 Å². The highest BCUT2D eigenvalue weighted by atomic mass is 32.2. The van der Waals surface area contributed by atoms with E-state index >= 15 is 0 Å². The molecule has 164 valence electrons. The fraction of sp³-hybridized carbons (Fsp3) is 0.130. The third-order valence-electron chi connectivity index (χ3n) is 4.88. The number of carbonyl (C=O) groups excluding carboxylic acids is 1. The molecule has 0 saturated heterocycles. The summed E-state index contributed by atoms with van der Waals surface area (Å²) in [5, 5.41) is 0.785. The van der Waals surface area contributed by atoms with Gasteiger partial charge in [0.15, 0.2) is 11.6 Å². The summed E-state index contributed by atoms with van der Waals surface area (Å²) in [6, 6.07) is 19.4. The lowest BCUT2D eigenvalue weighted by Crippen LogP contribution is -2.30. The van der Waals surface area contributed by atoms with E-state index in [2.05, 4.69) is 4.98 Å². The van der Waals surface area contributed by atoms with Crippen molar-refractivity contribution in [1.29, 1.82) is 0 Å². The van der Waals surface area contributed by atoms with Crippen LogP contribution in [0, 0.1) is 5.82 Å². The number of rotatable bonds is 6. The number of hydrogen-bond acceptors (Lipinski definition) is 5. The van der Waals surface area contributed by atoms with Gasteiger partial charge in [-0.2, -0.15) is 0 Å². The number of methoxy groups -OCH3 is 1. The van der Waals surface area contributed by atoms with Crippen LogP contribution in [0.1, 0.15) is 16.2 Å². The molecule has 0 atom stereocenters. The van der Waals surface area contributed by atoms with Gasteiger partial charge >= 0.3 is 0 Å². The molecule has 0 aliphatic heterocycles. The Kier molecular flexibility index (Phi) is 5.67. The molecule has 2 heterocycles. The molecule has 4 rings (SSSR count). The number of ether oxygens (including phenoxy) is 1. The zero-order valence-corrected chi connectivity index (χ0v) is 18.2. The van der Waals surface area contributed by atoms with E-state index in [1.807, 2.05) is 45.7 Å². The molecule has 1 N–H and O–H groups in total. The van der Waals surface area contributed by atoms with Gasteiger partial charge in [0, 0.05) is 17.1 Å². The van der Waals surface area contributed by atoms with Gasteiger partial charge in [-0.15, -0.1) is 0 Å². The Labute approximate surface area is 184 Å². The molecule has 4 aromatic rings. The van der Waals surface area contributed by atoms with Crippen LogP contribution in [0.3, 0.4) is 0 Å². The lowest BCUT2D eigenvalue weighted by atomic mass is 10.1. The van der Waals surface area contributed by atoms with Crippen molar-refractivity contribution >= 4 is 26.8 Å². The van der Waals surface area contributed by atoms with Crippen LogP contribution < -0.4 is 9.46 Å². The van der Waals surface area contributed by atoms with E-state index in [-0.39, 0.29) is 18.0 Å². The molecule has 0 fully saturated rings. The largest absolute Gasteiger partial charge is 0.494 e. The Morgan fingerprint density at radius 1 is 1.09 bits per heavy atom. The molecule has 32 heavy (non-hydrogen) atoms. The summed E-state index contributed by atoms with van der Waals surface area (Å²) in [4.78, 5) is 16.5. The van der Waals surface area contributed by atoms with Crippen molar-refractivity contribution < 1.29 is 22.3 Å². The molecule has 0 saturated carbocycles. The Balaban J connectivity index is 1.81. The molecular weight excluding hydrogens is 433 g/mol. The third kappa shape index (κ3) is 4.47. The minimum Gasteiger partial charge on any atom is -0.494 e. The van der Waals surface area contributed by atoms with Gasteiger partial charge in [0.2, 0.25) is 10.0 Å². The Morgan fingerprint density at radius 3 is 2.53 bits per heavy atom. The van der Waals surface area contributed by atoms with Gasteiger partial charge < -0.3 is 9.30 Å². The normalized spacial score (nSPS) is 11.5. The first-order valence-corrected chi connectivity index (χ1v) is 11.5. The Hall–Kier alpha value is -3.72. The SMILES string of the molecule is COc1cc2cc(-c3ccccc3)n(Cc3cccc(C(=O)NS(C)(=O)=O)n3)c2cc1F. The van der Waals surface area contributed by atoms with Crippen molar-refractivity contribution in [2.75, 3.05) is 13.4 Å². The number of halogens is 1. The number of benzene rings is 2. The van der Waals surface area contributed by atoms with Crippen molar-refractivity contribution in [2.45, 2.75) is 6.54 Å². The van der Waals surface area contributed by atoms with Crippen LogP contribution in [0.5, 0.6) is 5.75 Å². The maximum Gasteiger partial charge on any atom is 0.283 e. The number of aromatic nitrogens is 2. The second-order valence-corrected chi connectivity index (χ2v) is 8.99. The summed E-state index contributed by atoms with van der Waals surface area (Å²) in [5.74, 6) is -1.16. The second kappa shape index (κ2) is 8.43. The first kappa shape index (κ1) is 21.5. The number of sulfonamides is 1. The number of nitrogens with zero attached hydrogens (tertiary/aromatic N) is 2. The van der Waals surface area contributed by atoms with Gasteiger partial charge in [0.25, 0.3) is 5.91 Å². The highest BCUT2D eigenvalue weighted by Crippen LogP contribution is 2.32. The number of hydrogen-bond donors (Lipinski definition) is 1. The van der Waals surface area contributed by atoms with Crippen molar-refractivity contribution in [2.24, 2.45) is 0 Å². The maximum absolute atomic E-state index is 14.5. The highest BCUT2D eigenvalue weighted by molar-refractivity contribution is 7.89. The van der Waals surface area contributed by atoms with Crippen LogP contribution >= 0.6 is 0 Å². The summed E-state index contributed by atoms with van der Waals surface area (Å²) in [6.45, 7) is 0.236. The second-order valence-electron chi connectivity index (χ2n) is 7.24. The lowest BCUT2D eigenvalue weighted by Gasteiger charge is -2.12. The molecule has 0 aliphatic carbocycles. The zero-order valence-electron chi connectivity index (χ0n) is 17.4. The quantitative estimate of drug-likeness (QED) is 0.482. The van der Waals surface area contributed by atoms with Crippen molar-refractivity contribution in [1.82, 2.24) is 14.3 Å². The average molecular weight is 453 g/mol. The highest BCUT2D eigenvalue weighted by Gasteiger charge is 2.17. The van der Waals surface area contributed by atoms with Gasteiger partial charge in [-0.1, -0.05) is 36.4 Å². The van der Waals surface area contributed by atoms with E-state index in [9.17, 15) is 17.6 Å². The van der Waals surface area contributed by atoms with Crippen molar-refractivity contribution in [3.05, 3.63) is 83.9 Å². The van der Waals surface area contributed by atoms with Crippen LogP contribution in [0.2, 0.25) is 0 Å². The summed E-state index contributed by atoms with van der Waals surface area (Å²) in [5.41, 5.74) is 2.88. The molecule has 0 unspecified atom stereocenters. The van der Waals surface area contributed by atoms with E-state index in [0.29, 0.717) is 11.2 Å². The van der Waals surface area contributed by atoms with Crippen molar-refractivity contribution in [3.63, 3.8) is 0 Å². The van der Waals surface area contributed by atoms with E-state index in [4.69, 9.17) is 4.74 Å². The predicted molar refractivity (Wildman–Crippen MR) is 120 cm³/mol. The van der Waals surface area contributed by atoms with E-state index in [1.54, 1.807) is 18.2 Å². The molecule has 0 radical (unpaired) electrons. The van der Waals surface area contributed by atoms with E-state index < -0.39 is 21.7 Å². The number of carbonyl (C=O) groups is 1. The van der Waals surface area contributed by atoms with Gasteiger partial charge in [-0.25, -0.2) is 22.5 Å². The third-order valence-corrected chi connectivity index (χ3v) is 5.44. The molecule has 7 nitrogen and oxygen atoms in total. The van der Waals surface area contributed by atoms with Gasteiger partial charge in [-0.05, 0) is 29.8 Å². The molecule has 0 aliphatic rings. The van der Waals surface area contributed by atoms with Crippen molar-refractivity contribution in [3.8, 4) is 17.0 Å². The zero-order chi connectivity index (χ0) is 22.9.